The minimum Gasteiger partial charge on any atom is -0.369 e. The highest BCUT2D eigenvalue weighted by Crippen LogP contribution is 2.28. The molecule has 0 bridgehead atoms. The molecule has 0 aromatic heterocycles. The van der Waals surface area contributed by atoms with Crippen molar-refractivity contribution in [2.45, 2.75) is 26.8 Å². The molecule has 1 N–H and O–H groups in total. The lowest BCUT2D eigenvalue weighted by atomic mass is 9.85. The summed E-state index contributed by atoms with van der Waals surface area (Å²) < 4.78 is 0. The zero-order valence-electron chi connectivity index (χ0n) is 11.1. The van der Waals surface area contributed by atoms with Crippen molar-refractivity contribution >= 4 is 28.9 Å². The normalized spacial score (nSPS) is 21.2. The summed E-state index contributed by atoms with van der Waals surface area (Å²) in [7, 11) is 0. The van der Waals surface area contributed by atoms with Crippen LogP contribution in [0.1, 0.15) is 20.8 Å². The van der Waals surface area contributed by atoms with E-state index in [-0.39, 0.29) is 5.41 Å². The molecule has 1 aliphatic heterocycles. The molecule has 1 atom stereocenters. The molecular formula is C14H20Cl2N2. The summed E-state index contributed by atoms with van der Waals surface area (Å²) in [6.07, 6.45) is 0. The van der Waals surface area contributed by atoms with Crippen molar-refractivity contribution in [3.05, 3.63) is 28.2 Å². The van der Waals surface area contributed by atoms with E-state index in [1.807, 2.05) is 12.1 Å². The Kier molecular flexibility index (Phi) is 4.10. The molecule has 1 fully saturated rings. The summed E-state index contributed by atoms with van der Waals surface area (Å²) in [5.41, 5.74) is 1.37. The molecule has 0 aliphatic carbocycles. The van der Waals surface area contributed by atoms with Gasteiger partial charge in [0.25, 0.3) is 0 Å². The van der Waals surface area contributed by atoms with Gasteiger partial charge in [0.05, 0.1) is 0 Å². The van der Waals surface area contributed by atoms with Crippen LogP contribution in [-0.2, 0) is 0 Å². The van der Waals surface area contributed by atoms with Crippen LogP contribution in [0.5, 0.6) is 0 Å². The van der Waals surface area contributed by atoms with Gasteiger partial charge in [0.15, 0.2) is 0 Å². The lowest BCUT2D eigenvalue weighted by Gasteiger charge is -2.41. The van der Waals surface area contributed by atoms with E-state index in [1.54, 1.807) is 6.07 Å². The van der Waals surface area contributed by atoms with E-state index in [2.05, 4.69) is 31.0 Å². The van der Waals surface area contributed by atoms with E-state index in [9.17, 15) is 0 Å². The van der Waals surface area contributed by atoms with Gasteiger partial charge in [-0.2, -0.15) is 0 Å². The summed E-state index contributed by atoms with van der Waals surface area (Å²) >= 11 is 12.1. The summed E-state index contributed by atoms with van der Waals surface area (Å²) in [5, 5.41) is 4.98. The van der Waals surface area contributed by atoms with Gasteiger partial charge in [-0.05, 0) is 23.6 Å². The van der Waals surface area contributed by atoms with Crippen molar-refractivity contribution in [3.8, 4) is 0 Å². The van der Waals surface area contributed by atoms with Crippen LogP contribution < -0.4 is 10.2 Å². The minimum atomic E-state index is 0.251. The van der Waals surface area contributed by atoms with Crippen LogP contribution in [0.15, 0.2) is 18.2 Å². The molecule has 1 saturated heterocycles. The Bertz CT molecular complexity index is 406. The first-order valence-corrected chi connectivity index (χ1v) is 7.06. The van der Waals surface area contributed by atoms with Gasteiger partial charge in [-0.25, -0.2) is 0 Å². The van der Waals surface area contributed by atoms with Gasteiger partial charge in [-0.15, -0.1) is 0 Å². The van der Waals surface area contributed by atoms with E-state index in [0.717, 1.165) is 25.3 Å². The first kappa shape index (κ1) is 14.0. The lowest BCUT2D eigenvalue weighted by Crippen LogP contribution is -2.56. The Morgan fingerprint density at radius 2 is 1.78 bits per heavy atom. The highest BCUT2D eigenvalue weighted by Gasteiger charge is 2.29. The van der Waals surface area contributed by atoms with Crippen molar-refractivity contribution in [3.63, 3.8) is 0 Å². The first-order chi connectivity index (χ1) is 8.36. The quantitative estimate of drug-likeness (QED) is 0.844. The van der Waals surface area contributed by atoms with Crippen molar-refractivity contribution in [1.82, 2.24) is 5.32 Å². The van der Waals surface area contributed by atoms with Gasteiger partial charge in [0.2, 0.25) is 0 Å². The van der Waals surface area contributed by atoms with Gasteiger partial charge in [-0.1, -0.05) is 44.0 Å². The fourth-order valence-corrected chi connectivity index (χ4v) is 2.80. The molecule has 0 spiro atoms. The fraction of sp³-hybridized carbons (Fsp3) is 0.571. The van der Waals surface area contributed by atoms with Crippen LogP contribution in [0, 0.1) is 5.41 Å². The second-order valence-corrected chi connectivity index (χ2v) is 6.82. The van der Waals surface area contributed by atoms with Crippen LogP contribution in [0.25, 0.3) is 0 Å². The molecule has 1 unspecified atom stereocenters. The van der Waals surface area contributed by atoms with Gasteiger partial charge in [0.1, 0.15) is 0 Å². The molecular weight excluding hydrogens is 267 g/mol. The molecule has 0 radical (unpaired) electrons. The molecule has 1 aromatic carbocycles. The maximum Gasteiger partial charge on any atom is 0.0441 e. The fourth-order valence-electron chi connectivity index (χ4n) is 2.29. The number of hydrogen-bond acceptors (Lipinski definition) is 2. The van der Waals surface area contributed by atoms with Crippen LogP contribution in [0.3, 0.4) is 0 Å². The van der Waals surface area contributed by atoms with Crippen molar-refractivity contribution < 1.29 is 0 Å². The van der Waals surface area contributed by atoms with E-state index in [0.29, 0.717) is 16.1 Å². The third-order valence-electron chi connectivity index (χ3n) is 3.43. The van der Waals surface area contributed by atoms with Crippen LogP contribution in [0.4, 0.5) is 5.69 Å². The van der Waals surface area contributed by atoms with Gasteiger partial charge in [0, 0.05) is 41.4 Å². The van der Waals surface area contributed by atoms with Crippen molar-refractivity contribution in [2.75, 3.05) is 24.5 Å². The number of nitrogens with one attached hydrogen (secondary N) is 1. The Balaban J connectivity index is 2.18. The largest absolute Gasteiger partial charge is 0.369 e. The molecule has 100 valence electrons. The average Bonchev–Trinajstić information content (AvgIpc) is 2.27. The Labute approximate surface area is 119 Å². The molecule has 1 aromatic rings. The Hall–Kier alpha value is -0.440. The predicted molar refractivity (Wildman–Crippen MR) is 79.9 cm³/mol. The van der Waals surface area contributed by atoms with E-state index in [1.165, 1.54) is 0 Å². The number of halogens is 2. The molecule has 1 aliphatic rings. The topological polar surface area (TPSA) is 15.3 Å². The molecule has 0 saturated carbocycles. The number of benzene rings is 1. The second-order valence-electron chi connectivity index (χ2n) is 5.95. The standard InChI is InChI=1S/C14H20Cl2N2/c1-14(2,3)13-9-18(5-4-17-13)12-7-10(15)6-11(16)8-12/h6-8,13,17H,4-5,9H2,1-3H3. The monoisotopic (exact) mass is 286 g/mol. The molecule has 2 nitrogen and oxygen atoms in total. The highest BCUT2D eigenvalue weighted by atomic mass is 35.5. The Morgan fingerprint density at radius 3 is 2.33 bits per heavy atom. The summed E-state index contributed by atoms with van der Waals surface area (Å²) in [4.78, 5) is 2.35. The summed E-state index contributed by atoms with van der Waals surface area (Å²) in [6.45, 7) is 9.76. The Morgan fingerprint density at radius 1 is 1.17 bits per heavy atom. The van der Waals surface area contributed by atoms with Gasteiger partial charge in [-0.3, -0.25) is 0 Å². The predicted octanol–water partition coefficient (Wildman–Crippen LogP) is 3.82. The minimum absolute atomic E-state index is 0.251. The van der Waals surface area contributed by atoms with Crippen LogP contribution in [0.2, 0.25) is 10.0 Å². The number of nitrogens with zero attached hydrogens (tertiary/aromatic N) is 1. The summed E-state index contributed by atoms with van der Waals surface area (Å²) in [6, 6.07) is 6.22. The van der Waals surface area contributed by atoms with Gasteiger partial charge < -0.3 is 10.2 Å². The zero-order chi connectivity index (χ0) is 13.3. The second kappa shape index (κ2) is 5.28. The maximum absolute atomic E-state index is 6.07. The summed E-state index contributed by atoms with van der Waals surface area (Å²) in [5.74, 6) is 0. The molecule has 18 heavy (non-hydrogen) atoms. The third-order valence-corrected chi connectivity index (χ3v) is 3.87. The third kappa shape index (κ3) is 3.31. The maximum atomic E-state index is 6.07. The van der Waals surface area contributed by atoms with E-state index < -0.39 is 0 Å². The molecule has 0 amide bonds. The number of hydrogen-bond donors (Lipinski definition) is 1. The van der Waals surface area contributed by atoms with Crippen molar-refractivity contribution in [2.24, 2.45) is 5.41 Å². The number of rotatable bonds is 1. The molecule has 1 heterocycles. The SMILES string of the molecule is CC(C)(C)C1CN(c2cc(Cl)cc(Cl)c2)CCN1. The smallest absolute Gasteiger partial charge is 0.0441 e. The number of anilines is 1. The van der Waals surface area contributed by atoms with Gasteiger partial charge >= 0.3 is 0 Å². The number of piperazine rings is 1. The highest BCUT2D eigenvalue weighted by molar-refractivity contribution is 6.35. The lowest BCUT2D eigenvalue weighted by molar-refractivity contribution is 0.254. The van der Waals surface area contributed by atoms with E-state index >= 15 is 0 Å². The zero-order valence-corrected chi connectivity index (χ0v) is 12.6. The van der Waals surface area contributed by atoms with Crippen LogP contribution in [-0.4, -0.2) is 25.7 Å². The van der Waals surface area contributed by atoms with Crippen LogP contribution >= 0.6 is 23.2 Å². The first-order valence-electron chi connectivity index (χ1n) is 6.31. The molecule has 4 heteroatoms. The average molecular weight is 287 g/mol. The van der Waals surface area contributed by atoms with Crippen molar-refractivity contribution in [1.29, 1.82) is 0 Å². The van der Waals surface area contributed by atoms with E-state index in [4.69, 9.17) is 23.2 Å². The molecule has 2 rings (SSSR count).